The highest BCUT2D eigenvalue weighted by Crippen LogP contribution is 2.19. The topological polar surface area (TPSA) is 90.4 Å². The first kappa shape index (κ1) is 14.7. The molecule has 0 saturated heterocycles. The lowest BCUT2D eigenvalue weighted by molar-refractivity contribution is 0.100. The highest BCUT2D eigenvalue weighted by Gasteiger charge is 2.07. The minimum Gasteiger partial charge on any atom is -0.497 e. The number of nitrogen functional groups attached to an aromatic ring is 1. The highest BCUT2D eigenvalue weighted by atomic mass is 16.5. The van der Waals surface area contributed by atoms with Crippen molar-refractivity contribution in [3.8, 4) is 5.75 Å². The molecule has 0 fully saturated rings. The number of primary amides is 1. The van der Waals surface area contributed by atoms with Gasteiger partial charge in [0, 0.05) is 17.9 Å². The number of anilines is 2. The van der Waals surface area contributed by atoms with Crippen LogP contribution in [0.25, 0.3) is 0 Å². The first-order valence-electron chi connectivity index (χ1n) is 6.66. The summed E-state index contributed by atoms with van der Waals surface area (Å²) in [5.41, 5.74) is 14.0. The Morgan fingerprint density at radius 3 is 2.52 bits per heavy atom. The lowest BCUT2D eigenvalue weighted by Gasteiger charge is -2.11. The summed E-state index contributed by atoms with van der Waals surface area (Å²) in [6, 6.07) is 12.9. The molecule has 110 valence electrons. The van der Waals surface area contributed by atoms with E-state index in [1.54, 1.807) is 25.3 Å². The maximum Gasteiger partial charge on any atom is 0.250 e. The summed E-state index contributed by atoms with van der Waals surface area (Å²) in [5, 5.41) is 3.20. The number of carbonyl (C=O) groups excluding carboxylic acids is 1. The lowest BCUT2D eigenvalue weighted by atomic mass is 10.1. The Labute approximate surface area is 123 Å². The van der Waals surface area contributed by atoms with Crippen molar-refractivity contribution in [3.63, 3.8) is 0 Å². The third-order valence-electron chi connectivity index (χ3n) is 3.20. The molecule has 5 nitrogen and oxygen atoms in total. The van der Waals surface area contributed by atoms with E-state index in [0.29, 0.717) is 23.5 Å². The number of nitrogens with two attached hydrogens (primary N) is 2. The molecule has 0 aliphatic heterocycles. The number of carbonyl (C=O) groups is 1. The number of rotatable bonds is 6. The molecule has 21 heavy (non-hydrogen) atoms. The van der Waals surface area contributed by atoms with Crippen molar-refractivity contribution < 1.29 is 9.53 Å². The maximum atomic E-state index is 11.4. The fourth-order valence-electron chi connectivity index (χ4n) is 2.06. The van der Waals surface area contributed by atoms with Crippen molar-refractivity contribution in [1.82, 2.24) is 0 Å². The van der Waals surface area contributed by atoms with Crippen LogP contribution in [-0.4, -0.2) is 19.6 Å². The second kappa shape index (κ2) is 6.65. The van der Waals surface area contributed by atoms with Crippen molar-refractivity contribution in [1.29, 1.82) is 0 Å². The molecule has 2 rings (SSSR count). The Morgan fingerprint density at radius 2 is 1.90 bits per heavy atom. The van der Waals surface area contributed by atoms with Crippen LogP contribution in [0.4, 0.5) is 11.4 Å². The Hall–Kier alpha value is -2.69. The molecule has 0 heterocycles. The molecule has 2 aromatic rings. The zero-order chi connectivity index (χ0) is 15.2. The molecule has 0 spiro atoms. The fourth-order valence-corrected chi connectivity index (χ4v) is 2.06. The van der Waals surface area contributed by atoms with E-state index in [1.165, 1.54) is 5.56 Å². The molecule has 0 radical (unpaired) electrons. The van der Waals surface area contributed by atoms with Crippen molar-refractivity contribution in [3.05, 3.63) is 53.6 Å². The molecule has 5 N–H and O–H groups in total. The van der Waals surface area contributed by atoms with E-state index < -0.39 is 5.91 Å². The smallest absolute Gasteiger partial charge is 0.250 e. The molecule has 0 atom stereocenters. The average molecular weight is 285 g/mol. The van der Waals surface area contributed by atoms with Gasteiger partial charge < -0.3 is 21.5 Å². The van der Waals surface area contributed by atoms with Gasteiger partial charge in [-0.25, -0.2) is 0 Å². The van der Waals surface area contributed by atoms with Gasteiger partial charge in [-0.15, -0.1) is 0 Å². The van der Waals surface area contributed by atoms with E-state index in [2.05, 4.69) is 5.32 Å². The van der Waals surface area contributed by atoms with E-state index in [0.717, 1.165) is 12.2 Å². The largest absolute Gasteiger partial charge is 0.497 e. The van der Waals surface area contributed by atoms with Crippen molar-refractivity contribution in [2.75, 3.05) is 24.7 Å². The van der Waals surface area contributed by atoms with Gasteiger partial charge in [0.05, 0.1) is 12.7 Å². The maximum absolute atomic E-state index is 11.4. The van der Waals surface area contributed by atoms with Gasteiger partial charge >= 0.3 is 0 Å². The van der Waals surface area contributed by atoms with Crippen LogP contribution in [0.2, 0.25) is 0 Å². The molecule has 0 bridgehead atoms. The monoisotopic (exact) mass is 285 g/mol. The Bertz CT molecular complexity index is 624. The van der Waals surface area contributed by atoms with Gasteiger partial charge in [0.2, 0.25) is 0 Å². The Balaban J connectivity index is 1.99. The summed E-state index contributed by atoms with van der Waals surface area (Å²) in [6.45, 7) is 0.677. The molecule has 0 aromatic heterocycles. The van der Waals surface area contributed by atoms with Crippen LogP contribution in [-0.2, 0) is 6.42 Å². The number of ether oxygens (including phenoxy) is 1. The Kier molecular flexibility index (Phi) is 4.66. The van der Waals surface area contributed by atoms with E-state index in [1.807, 2.05) is 24.3 Å². The summed E-state index contributed by atoms with van der Waals surface area (Å²) in [4.78, 5) is 11.4. The normalized spacial score (nSPS) is 10.1. The molecule has 0 saturated carbocycles. The number of benzene rings is 2. The van der Waals surface area contributed by atoms with Gasteiger partial charge in [0.15, 0.2) is 0 Å². The molecule has 1 amide bonds. The van der Waals surface area contributed by atoms with Crippen molar-refractivity contribution >= 4 is 17.3 Å². The van der Waals surface area contributed by atoms with Gasteiger partial charge in [-0.05, 0) is 42.3 Å². The van der Waals surface area contributed by atoms with Gasteiger partial charge in [-0.1, -0.05) is 12.1 Å². The highest BCUT2D eigenvalue weighted by molar-refractivity contribution is 5.99. The van der Waals surface area contributed by atoms with Gasteiger partial charge in [0.25, 0.3) is 5.91 Å². The summed E-state index contributed by atoms with van der Waals surface area (Å²) >= 11 is 0. The van der Waals surface area contributed by atoms with Crippen LogP contribution >= 0.6 is 0 Å². The van der Waals surface area contributed by atoms with E-state index >= 15 is 0 Å². The quantitative estimate of drug-likeness (QED) is 0.708. The second-order valence-electron chi connectivity index (χ2n) is 4.69. The number of amides is 1. The number of methoxy groups -OCH3 is 1. The van der Waals surface area contributed by atoms with Crippen molar-refractivity contribution in [2.45, 2.75) is 6.42 Å². The van der Waals surface area contributed by atoms with Crippen LogP contribution < -0.4 is 21.5 Å². The molecule has 5 heteroatoms. The first-order chi connectivity index (χ1) is 10.1. The fraction of sp³-hybridized carbons (Fsp3) is 0.188. The van der Waals surface area contributed by atoms with Crippen LogP contribution in [0.15, 0.2) is 42.5 Å². The molecular weight excluding hydrogens is 266 g/mol. The van der Waals surface area contributed by atoms with E-state index in [9.17, 15) is 4.79 Å². The summed E-state index contributed by atoms with van der Waals surface area (Å²) in [7, 11) is 1.64. The van der Waals surface area contributed by atoms with Crippen molar-refractivity contribution in [2.24, 2.45) is 5.73 Å². The summed E-state index contributed by atoms with van der Waals surface area (Å²) in [5.74, 6) is 0.362. The third-order valence-corrected chi connectivity index (χ3v) is 3.20. The second-order valence-corrected chi connectivity index (χ2v) is 4.69. The van der Waals surface area contributed by atoms with Crippen LogP contribution in [0, 0.1) is 0 Å². The lowest BCUT2D eigenvalue weighted by Crippen LogP contribution is -2.15. The van der Waals surface area contributed by atoms with Crippen LogP contribution in [0.1, 0.15) is 15.9 Å². The summed E-state index contributed by atoms with van der Waals surface area (Å²) in [6.07, 6.45) is 0.816. The molecule has 0 aliphatic carbocycles. The number of nitrogens with one attached hydrogen (secondary N) is 1. The van der Waals surface area contributed by atoms with Gasteiger partial charge in [-0.2, -0.15) is 0 Å². The Morgan fingerprint density at radius 1 is 1.19 bits per heavy atom. The number of hydrogen-bond donors (Lipinski definition) is 3. The van der Waals surface area contributed by atoms with E-state index in [4.69, 9.17) is 16.2 Å². The first-order valence-corrected chi connectivity index (χ1v) is 6.66. The van der Waals surface area contributed by atoms with Crippen LogP contribution in [0.3, 0.4) is 0 Å². The minimum absolute atomic E-state index is 0.443. The van der Waals surface area contributed by atoms with Gasteiger partial charge in [-0.3, -0.25) is 4.79 Å². The minimum atomic E-state index is -0.470. The summed E-state index contributed by atoms with van der Waals surface area (Å²) < 4.78 is 5.12. The molecular formula is C16H19N3O2. The number of hydrogen-bond acceptors (Lipinski definition) is 4. The van der Waals surface area contributed by atoms with Crippen LogP contribution in [0.5, 0.6) is 5.75 Å². The molecule has 0 unspecified atom stereocenters. The SMILES string of the molecule is COc1ccc(CCNc2cc(N)ccc2C(N)=O)cc1. The predicted molar refractivity (Wildman–Crippen MR) is 84.6 cm³/mol. The predicted octanol–water partition coefficient (Wildman–Crippen LogP) is 2.03. The molecule has 2 aromatic carbocycles. The zero-order valence-corrected chi connectivity index (χ0v) is 11.9. The van der Waals surface area contributed by atoms with Gasteiger partial charge in [0.1, 0.15) is 5.75 Å². The molecule has 0 aliphatic rings. The standard InChI is InChI=1S/C16H19N3O2/c1-21-13-5-2-11(3-6-13)8-9-19-15-10-12(17)4-7-14(15)16(18)20/h2-7,10,19H,8-9,17H2,1H3,(H2,18,20). The average Bonchev–Trinajstić information content (AvgIpc) is 2.48. The van der Waals surface area contributed by atoms with E-state index in [-0.39, 0.29) is 0 Å². The third kappa shape index (κ3) is 3.89. The zero-order valence-electron chi connectivity index (χ0n) is 11.9.